The molecule has 2 saturated carbocycles. The maximum Gasteiger partial charge on any atom is 0.319 e. The van der Waals surface area contributed by atoms with E-state index in [0.717, 1.165) is 61.1 Å². The maximum atomic E-state index is 17.2. The number of anilines is 1. The van der Waals surface area contributed by atoms with Gasteiger partial charge in [0.05, 0.1) is 44.7 Å². The number of piperidine rings is 1. The number of ether oxygens (including phenoxy) is 4. The Labute approximate surface area is 303 Å². The van der Waals surface area contributed by atoms with Gasteiger partial charge in [0, 0.05) is 54.8 Å². The van der Waals surface area contributed by atoms with Gasteiger partial charge in [0.1, 0.15) is 22.4 Å². The number of nitrogens with one attached hydrogen (secondary N) is 1. The summed E-state index contributed by atoms with van der Waals surface area (Å²) >= 11 is 0. The lowest BCUT2D eigenvalue weighted by Gasteiger charge is -2.58. The molecule has 3 saturated heterocycles. The number of hydrogen-bond acceptors (Lipinski definition) is 11. The van der Waals surface area contributed by atoms with Crippen molar-refractivity contribution in [3.63, 3.8) is 0 Å². The number of methoxy groups -OCH3 is 1. The molecule has 278 valence electrons. The first-order valence-electron chi connectivity index (χ1n) is 19.1. The highest BCUT2D eigenvalue weighted by molar-refractivity contribution is 6.01. The smallest absolute Gasteiger partial charge is 0.319 e. The van der Waals surface area contributed by atoms with E-state index >= 15 is 4.39 Å². The fourth-order valence-corrected chi connectivity index (χ4v) is 10.3. The largest absolute Gasteiger partial charge is 0.480 e. The van der Waals surface area contributed by atoms with Gasteiger partial charge in [-0.15, -0.1) is 0 Å². The van der Waals surface area contributed by atoms with Crippen molar-refractivity contribution >= 4 is 27.6 Å². The number of rotatable bonds is 7. The molecular formula is C39H50FN7O5. The van der Waals surface area contributed by atoms with Crippen LogP contribution in [0.4, 0.5) is 10.2 Å². The summed E-state index contributed by atoms with van der Waals surface area (Å²) in [6, 6.07) is 3.21. The molecule has 0 bridgehead atoms. The third kappa shape index (κ3) is 5.70. The van der Waals surface area contributed by atoms with Gasteiger partial charge >= 0.3 is 6.01 Å². The number of benzene rings is 1. The Kier molecular flexibility index (Phi) is 8.75. The van der Waals surface area contributed by atoms with Crippen LogP contribution in [0.5, 0.6) is 11.9 Å². The van der Waals surface area contributed by atoms with Crippen LogP contribution in [0.2, 0.25) is 0 Å². The summed E-state index contributed by atoms with van der Waals surface area (Å²) in [5.41, 5.74) is 3.97. The van der Waals surface area contributed by atoms with E-state index in [2.05, 4.69) is 15.1 Å². The van der Waals surface area contributed by atoms with Gasteiger partial charge in [-0.25, -0.2) is 9.37 Å². The second-order valence-corrected chi connectivity index (χ2v) is 16.1. The highest BCUT2D eigenvalue weighted by Crippen LogP contribution is 2.56. The zero-order chi connectivity index (χ0) is 35.6. The molecule has 1 aromatic carbocycles. The van der Waals surface area contributed by atoms with E-state index in [1.807, 2.05) is 24.8 Å². The van der Waals surface area contributed by atoms with Crippen LogP contribution in [0, 0.1) is 30.5 Å². The molecule has 5 fully saturated rings. The SMILES string of the molecule is COc1nc(-c2c(C)c(C)cc3[nH]ncc23)c(F)c2nc(OCC34CCCC3N(C3CC5(CCOCC5)C3)CCC4)nc(N3CCOCC(O)C3)c12. The van der Waals surface area contributed by atoms with Crippen LogP contribution >= 0.6 is 0 Å². The fraction of sp³-hybridized carbons (Fsp3) is 0.641. The molecule has 2 aliphatic carbocycles. The van der Waals surface area contributed by atoms with Crippen molar-refractivity contribution in [1.29, 1.82) is 0 Å². The van der Waals surface area contributed by atoms with Crippen molar-refractivity contribution in [2.24, 2.45) is 10.8 Å². The molecule has 6 heterocycles. The van der Waals surface area contributed by atoms with Crippen LogP contribution in [0.3, 0.4) is 0 Å². The second kappa shape index (κ2) is 13.3. The molecular weight excluding hydrogens is 665 g/mol. The number of aromatic nitrogens is 5. The predicted octanol–water partition coefficient (Wildman–Crippen LogP) is 5.50. The summed E-state index contributed by atoms with van der Waals surface area (Å²) in [6.45, 7) is 8.64. The molecule has 0 radical (unpaired) electrons. The summed E-state index contributed by atoms with van der Waals surface area (Å²) in [5.74, 6) is 0.0287. The topological polar surface area (TPSA) is 131 Å². The van der Waals surface area contributed by atoms with Crippen LogP contribution < -0.4 is 14.4 Å². The number of pyridine rings is 1. The zero-order valence-corrected chi connectivity index (χ0v) is 30.5. The lowest BCUT2D eigenvalue weighted by atomic mass is 9.60. The van der Waals surface area contributed by atoms with E-state index in [-0.39, 0.29) is 41.7 Å². The monoisotopic (exact) mass is 715 g/mol. The Hall–Kier alpha value is -3.65. The second-order valence-electron chi connectivity index (χ2n) is 16.1. The third-order valence-electron chi connectivity index (χ3n) is 13.2. The van der Waals surface area contributed by atoms with Gasteiger partial charge in [-0.3, -0.25) is 10.00 Å². The van der Waals surface area contributed by atoms with Crippen molar-refractivity contribution in [3.8, 4) is 23.1 Å². The van der Waals surface area contributed by atoms with Crippen LogP contribution in [-0.2, 0) is 9.47 Å². The van der Waals surface area contributed by atoms with Crippen LogP contribution in [0.1, 0.15) is 68.9 Å². The third-order valence-corrected chi connectivity index (χ3v) is 13.2. The summed E-state index contributed by atoms with van der Waals surface area (Å²) < 4.78 is 41.2. The van der Waals surface area contributed by atoms with Gasteiger partial charge in [0.2, 0.25) is 5.88 Å². The van der Waals surface area contributed by atoms with Gasteiger partial charge in [-0.05, 0) is 94.4 Å². The van der Waals surface area contributed by atoms with Crippen molar-refractivity contribution in [1.82, 2.24) is 30.0 Å². The number of aromatic amines is 1. The van der Waals surface area contributed by atoms with E-state index in [1.54, 1.807) is 6.20 Å². The Morgan fingerprint density at radius 3 is 2.69 bits per heavy atom. The average molecular weight is 716 g/mol. The Morgan fingerprint density at radius 2 is 1.87 bits per heavy atom. The van der Waals surface area contributed by atoms with Crippen LogP contribution in [0.25, 0.3) is 33.1 Å². The van der Waals surface area contributed by atoms with Gasteiger partial charge in [-0.2, -0.15) is 15.1 Å². The van der Waals surface area contributed by atoms with Crippen LogP contribution in [0.15, 0.2) is 12.3 Å². The number of aliphatic hydroxyl groups excluding tert-OH is 1. The number of likely N-dealkylation sites (tertiary alicyclic amines) is 1. The van der Waals surface area contributed by atoms with Crippen molar-refractivity contribution < 1.29 is 28.4 Å². The van der Waals surface area contributed by atoms with Crippen molar-refractivity contribution in [3.05, 3.63) is 29.2 Å². The number of aliphatic hydroxyl groups is 1. The lowest BCUT2D eigenvalue weighted by Crippen LogP contribution is -2.61. The summed E-state index contributed by atoms with van der Waals surface area (Å²) in [6.07, 6.45) is 11.5. The van der Waals surface area contributed by atoms with Gasteiger partial charge in [0.25, 0.3) is 0 Å². The summed E-state index contributed by atoms with van der Waals surface area (Å²) in [5, 5.41) is 19.1. The molecule has 3 aromatic heterocycles. The number of H-pyrrole nitrogens is 1. The number of aryl methyl sites for hydroxylation is 1. The average Bonchev–Trinajstić information content (AvgIpc) is 3.73. The first-order valence-corrected chi connectivity index (χ1v) is 19.1. The number of fused-ring (bicyclic) bond motifs is 3. The molecule has 12 nitrogen and oxygen atoms in total. The molecule has 52 heavy (non-hydrogen) atoms. The van der Waals surface area contributed by atoms with Gasteiger partial charge in [0.15, 0.2) is 5.82 Å². The quantitative estimate of drug-likeness (QED) is 0.252. The molecule has 13 heteroatoms. The first kappa shape index (κ1) is 34.1. The van der Waals surface area contributed by atoms with Gasteiger partial charge < -0.3 is 29.0 Å². The predicted molar refractivity (Wildman–Crippen MR) is 194 cm³/mol. The van der Waals surface area contributed by atoms with Crippen molar-refractivity contribution in [2.75, 3.05) is 64.7 Å². The molecule has 9 rings (SSSR count). The number of nitrogens with zero attached hydrogens (tertiary/aromatic N) is 6. The Morgan fingerprint density at radius 1 is 1.04 bits per heavy atom. The summed E-state index contributed by atoms with van der Waals surface area (Å²) in [4.78, 5) is 19.3. The van der Waals surface area contributed by atoms with E-state index in [9.17, 15) is 5.11 Å². The number of hydrogen-bond donors (Lipinski definition) is 2. The molecule has 3 aliphatic heterocycles. The molecule has 5 aliphatic rings. The highest BCUT2D eigenvalue weighted by Gasteiger charge is 2.54. The zero-order valence-electron chi connectivity index (χ0n) is 30.5. The lowest BCUT2D eigenvalue weighted by molar-refractivity contribution is -0.112. The minimum absolute atomic E-state index is 0.00694. The fourth-order valence-electron chi connectivity index (χ4n) is 10.3. The molecule has 3 atom stereocenters. The molecule has 2 N–H and O–H groups in total. The van der Waals surface area contributed by atoms with Gasteiger partial charge in [-0.1, -0.05) is 6.42 Å². The minimum atomic E-state index is -0.748. The van der Waals surface area contributed by atoms with E-state index in [0.29, 0.717) is 54.0 Å². The van der Waals surface area contributed by atoms with E-state index < -0.39 is 11.9 Å². The highest BCUT2D eigenvalue weighted by atomic mass is 19.1. The number of halogens is 1. The standard InChI is InChI=1S/C39H50FN7O5/c1-23-16-28-27(19-41-45-28)30(24(23)2)33-32(40)34-31(36(42-33)49-3)35(46-12-15-51-21-26(48)20-46)44-37(43-34)52-22-39-7-4-6-29(39)47(11-5-8-39)25-17-38(18-25)9-13-50-14-10-38/h16,19,25-26,29,48H,4-15,17-18,20-22H2,1-3H3,(H,41,45). The Bertz CT molecular complexity index is 1980. The van der Waals surface area contributed by atoms with Crippen molar-refractivity contribution in [2.45, 2.75) is 89.8 Å². The summed E-state index contributed by atoms with van der Waals surface area (Å²) in [7, 11) is 1.52. The first-order chi connectivity index (χ1) is 25.3. The normalized spacial score (nSPS) is 26.8. The molecule has 3 unspecified atom stereocenters. The Balaban J connectivity index is 1.10. The molecule has 0 amide bonds. The van der Waals surface area contributed by atoms with E-state index in [1.165, 1.54) is 45.6 Å². The van der Waals surface area contributed by atoms with E-state index in [4.69, 9.17) is 33.9 Å². The molecule has 1 spiro atoms. The maximum absolute atomic E-state index is 17.2. The minimum Gasteiger partial charge on any atom is -0.480 e. The van der Waals surface area contributed by atoms with Crippen LogP contribution in [-0.4, -0.2) is 113 Å². The number of β-amino-alcohol motifs (C(OH)–C–C–N with tert-alkyl or cyclic N) is 1. The molecule has 4 aromatic rings.